The van der Waals surface area contributed by atoms with Gasteiger partial charge in [0, 0.05) is 18.4 Å². The lowest BCUT2D eigenvalue weighted by atomic mass is 9.90. The van der Waals surface area contributed by atoms with E-state index in [9.17, 15) is 4.79 Å². The van der Waals surface area contributed by atoms with Gasteiger partial charge in [-0.05, 0) is 5.92 Å². The van der Waals surface area contributed by atoms with Crippen LogP contribution in [0.2, 0.25) is 0 Å². The molecule has 78 valence electrons. The van der Waals surface area contributed by atoms with Gasteiger partial charge in [0.15, 0.2) is 0 Å². The zero-order valence-corrected chi connectivity index (χ0v) is 8.71. The van der Waals surface area contributed by atoms with E-state index in [0.717, 1.165) is 5.57 Å². The minimum atomic E-state index is -0.236. The second-order valence-electron chi connectivity index (χ2n) is 3.60. The number of carbonyl (C=O) groups excluding carboxylic acids is 1. The lowest BCUT2D eigenvalue weighted by Crippen LogP contribution is -2.20. The van der Waals surface area contributed by atoms with Crippen LogP contribution in [0.15, 0.2) is 17.9 Å². The van der Waals surface area contributed by atoms with E-state index in [4.69, 9.17) is 9.47 Å². The molecule has 2 unspecified atom stereocenters. The predicted octanol–water partition coefficient (Wildman–Crippen LogP) is 1.54. The third-order valence-electron chi connectivity index (χ3n) is 2.47. The van der Waals surface area contributed by atoms with Crippen molar-refractivity contribution in [2.24, 2.45) is 11.8 Å². The molecule has 0 aromatic carbocycles. The third kappa shape index (κ3) is 2.72. The van der Waals surface area contributed by atoms with Gasteiger partial charge in [-0.3, -0.25) is 4.79 Å². The first-order chi connectivity index (χ1) is 6.65. The summed E-state index contributed by atoms with van der Waals surface area (Å²) in [5.74, 6) is 0.331. The van der Waals surface area contributed by atoms with Crippen LogP contribution in [0.4, 0.5) is 0 Å². The van der Waals surface area contributed by atoms with Crippen LogP contribution in [0, 0.1) is 11.8 Å². The summed E-state index contributed by atoms with van der Waals surface area (Å²) in [6.45, 7) is 8.81. The molecule has 14 heavy (non-hydrogen) atoms. The zero-order valence-electron chi connectivity index (χ0n) is 8.71. The Bertz CT molecular complexity index is 264. The monoisotopic (exact) mass is 196 g/mol. The highest BCUT2D eigenvalue weighted by atomic mass is 16.5. The Labute approximate surface area is 84.4 Å². The molecule has 0 amide bonds. The third-order valence-corrected chi connectivity index (χ3v) is 2.47. The SMILES string of the molecule is C=C=C1COCC1C(C)COC(C)=O. The van der Waals surface area contributed by atoms with Crippen LogP contribution < -0.4 is 0 Å². The summed E-state index contributed by atoms with van der Waals surface area (Å²) in [5, 5.41) is 0. The van der Waals surface area contributed by atoms with Crippen molar-refractivity contribution >= 4 is 5.97 Å². The summed E-state index contributed by atoms with van der Waals surface area (Å²) in [6.07, 6.45) is 0. The maximum Gasteiger partial charge on any atom is 0.302 e. The van der Waals surface area contributed by atoms with Gasteiger partial charge in [-0.15, -0.1) is 5.73 Å². The maximum absolute atomic E-state index is 10.6. The van der Waals surface area contributed by atoms with Gasteiger partial charge in [-0.2, -0.15) is 0 Å². The molecule has 0 bridgehead atoms. The standard InChI is InChI=1S/C11H16O3/c1-4-10-6-13-7-11(10)8(2)5-14-9(3)12/h8,11H,1,5-7H2,2-3H3. The van der Waals surface area contributed by atoms with Crippen LogP contribution in [0.5, 0.6) is 0 Å². The molecule has 0 radical (unpaired) electrons. The minimum absolute atomic E-state index is 0.236. The number of rotatable bonds is 3. The molecular weight excluding hydrogens is 180 g/mol. The van der Waals surface area contributed by atoms with E-state index in [-0.39, 0.29) is 11.9 Å². The van der Waals surface area contributed by atoms with Gasteiger partial charge in [-0.25, -0.2) is 0 Å². The lowest BCUT2D eigenvalue weighted by molar-refractivity contribution is -0.142. The highest BCUT2D eigenvalue weighted by molar-refractivity contribution is 5.65. The number of esters is 1. The van der Waals surface area contributed by atoms with Crippen molar-refractivity contribution in [3.8, 4) is 0 Å². The Morgan fingerprint density at radius 2 is 2.57 bits per heavy atom. The van der Waals surface area contributed by atoms with Crippen molar-refractivity contribution in [1.82, 2.24) is 0 Å². The summed E-state index contributed by atoms with van der Waals surface area (Å²) in [6, 6.07) is 0. The van der Waals surface area contributed by atoms with Gasteiger partial charge in [-0.1, -0.05) is 13.5 Å². The highest BCUT2D eigenvalue weighted by Gasteiger charge is 2.27. The molecule has 2 atom stereocenters. The van der Waals surface area contributed by atoms with Crippen LogP contribution in [0.25, 0.3) is 0 Å². The molecule has 3 heteroatoms. The van der Waals surface area contributed by atoms with E-state index >= 15 is 0 Å². The van der Waals surface area contributed by atoms with Crippen molar-refractivity contribution in [1.29, 1.82) is 0 Å². The molecule has 0 spiro atoms. The van der Waals surface area contributed by atoms with Gasteiger partial charge in [0.25, 0.3) is 0 Å². The Kier molecular flexibility index (Phi) is 3.93. The summed E-state index contributed by atoms with van der Waals surface area (Å²) >= 11 is 0. The highest BCUT2D eigenvalue weighted by Crippen LogP contribution is 2.26. The van der Waals surface area contributed by atoms with E-state index in [1.54, 1.807) is 0 Å². The summed E-state index contributed by atoms with van der Waals surface area (Å²) in [5.41, 5.74) is 3.97. The minimum Gasteiger partial charge on any atom is -0.466 e. The van der Waals surface area contributed by atoms with E-state index < -0.39 is 0 Å². The van der Waals surface area contributed by atoms with Crippen molar-refractivity contribution in [3.05, 3.63) is 17.9 Å². The Morgan fingerprint density at radius 1 is 1.86 bits per heavy atom. The smallest absolute Gasteiger partial charge is 0.302 e. The molecular formula is C11H16O3. The molecule has 1 rings (SSSR count). The van der Waals surface area contributed by atoms with Crippen LogP contribution in [-0.2, 0) is 14.3 Å². The van der Waals surface area contributed by atoms with Crippen molar-refractivity contribution in [2.45, 2.75) is 13.8 Å². The molecule has 1 aliphatic heterocycles. The van der Waals surface area contributed by atoms with Gasteiger partial charge in [0.1, 0.15) is 0 Å². The van der Waals surface area contributed by atoms with Crippen molar-refractivity contribution in [2.75, 3.05) is 19.8 Å². The normalized spacial score (nSPS) is 23.0. The summed E-state index contributed by atoms with van der Waals surface area (Å²) in [4.78, 5) is 10.6. The zero-order chi connectivity index (χ0) is 10.6. The fourth-order valence-electron chi connectivity index (χ4n) is 1.56. The molecule has 0 aromatic heterocycles. The number of hydrogen-bond acceptors (Lipinski definition) is 3. The van der Waals surface area contributed by atoms with Crippen molar-refractivity contribution in [3.63, 3.8) is 0 Å². The van der Waals surface area contributed by atoms with Crippen molar-refractivity contribution < 1.29 is 14.3 Å². The fraction of sp³-hybridized carbons (Fsp3) is 0.636. The Hall–Kier alpha value is -1.05. The molecule has 1 saturated heterocycles. The number of ether oxygens (including phenoxy) is 2. The van der Waals surface area contributed by atoms with Crippen LogP contribution >= 0.6 is 0 Å². The topological polar surface area (TPSA) is 35.5 Å². The van der Waals surface area contributed by atoms with E-state index in [1.165, 1.54) is 6.92 Å². The lowest BCUT2D eigenvalue weighted by Gasteiger charge is -2.17. The summed E-state index contributed by atoms with van der Waals surface area (Å²) in [7, 11) is 0. The molecule has 0 aliphatic carbocycles. The molecule has 1 aliphatic rings. The maximum atomic E-state index is 10.6. The largest absolute Gasteiger partial charge is 0.466 e. The van der Waals surface area contributed by atoms with Gasteiger partial charge in [0.2, 0.25) is 0 Å². The first-order valence-corrected chi connectivity index (χ1v) is 4.75. The second-order valence-corrected chi connectivity index (χ2v) is 3.60. The van der Waals surface area contributed by atoms with Crippen LogP contribution in [-0.4, -0.2) is 25.8 Å². The Morgan fingerprint density at radius 3 is 3.14 bits per heavy atom. The van der Waals surface area contributed by atoms with Gasteiger partial charge in [0.05, 0.1) is 19.8 Å². The average Bonchev–Trinajstić information content (AvgIpc) is 2.61. The van der Waals surface area contributed by atoms with E-state index in [2.05, 4.69) is 12.3 Å². The van der Waals surface area contributed by atoms with E-state index in [0.29, 0.717) is 25.7 Å². The molecule has 1 heterocycles. The molecule has 1 fully saturated rings. The molecule has 0 N–H and O–H groups in total. The van der Waals surface area contributed by atoms with Crippen LogP contribution in [0.3, 0.4) is 0 Å². The van der Waals surface area contributed by atoms with E-state index in [1.807, 2.05) is 6.92 Å². The second kappa shape index (κ2) is 4.99. The fourth-order valence-corrected chi connectivity index (χ4v) is 1.56. The first-order valence-electron chi connectivity index (χ1n) is 4.75. The quantitative estimate of drug-likeness (QED) is 0.507. The molecule has 0 aromatic rings. The van der Waals surface area contributed by atoms with Gasteiger partial charge >= 0.3 is 5.97 Å². The van der Waals surface area contributed by atoms with Gasteiger partial charge < -0.3 is 9.47 Å². The molecule has 0 saturated carbocycles. The number of carbonyl (C=O) groups is 1. The van der Waals surface area contributed by atoms with Crippen LogP contribution in [0.1, 0.15) is 13.8 Å². The number of hydrogen-bond donors (Lipinski definition) is 0. The molecule has 3 nitrogen and oxygen atoms in total. The summed E-state index contributed by atoms with van der Waals surface area (Å²) < 4.78 is 10.3. The Balaban J connectivity index is 2.47. The average molecular weight is 196 g/mol. The first kappa shape index (κ1) is 11.0. The predicted molar refractivity (Wildman–Crippen MR) is 52.8 cm³/mol.